The van der Waals surface area contributed by atoms with Gasteiger partial charge in [0.05, 0.1) is 19.8 Å². The van der Waals surface area contributed by atoms with Gasteiger partial charge in [-0.3, -0.25) is 0 Å². The Labute approximate surface area is 107 Å². The number of aliphatic hydroxyl groups is 1. The van der Waals surface area contributed by atoms with Crippen LogP contribution in [0.4, 0.5) is 10.1 Å². The summed E-state index contributed by atoms with van der Waals surface area (Å²) in [5, 5.41) is 9.29. The maximum atomic E-state index is 13.1. The first-order valence-electron chi connectivity index (χ1n) is 5.85. The average Bonchev–Trinajstić information content (AvgIpc) is 2.39. The normalized spacial score (nSPS) is 10.7. The van der Waals surface area contributed by atoms with Crippen LogP contribution in [0.1, 0.15) is 5.56 Å². The lowest BCUT2D eigenvalue weighted by atomic mass is 10.1. The second-order valence-corrected chi connectivity index (χ2v) is 3.90. The topological polar surface area (TPSA) is 41.9 Å². The van der Waals surface area contributed by atoms with E-state index in [0.29, 0.717) is 31.9 Å². The van der Waals surface area contributed by atoms with E-state index in [1.165, 1.54) is 12.1 Å². The van der Waals surface area contributed by atoms with Gasteiger partial charge in [0.25, 0.3) is 0 Å². The fourth-order valence-corrected chi connectivity index (χ4v) is 1.74. The predicted molar refractivity (Wildman–Crippen MR) is 68.3 cm³/mol. The highest BCUT2D eigenvalue weighted by molar-refractivity contribution is 5.53. The zero-order valence-corrected chi connectivity index (χ0v) is 10.9. The highest BCUT2D eigenvalue weighted by Gasteiger charge is 2.11. The Morgan fingerprint density at radius 3 is 2.28 bits per heavy atom. The Morgan fingerprint density at radius 1 is 1.17 bits per heavy atom. The standard InChI is InChI=1S/C13H20FNO3/c1-17-7-5-15(6-8-18-2)13-4-3-12(14)9-11(13)10-16/h3-4,9,16H,5-8,10H2,1-2H3. The van der Waals surface area contributed by atoms with E-state index in [4.69, 9.17) is 9.47 Å². The fraction of sp³-hybridized carbons (Fsp3) is 0.538. The molecule has 102 valence electrons. The summed E-state index contributed by atoms with van der Waals surface area (Å²) in [6, 6.07) is 4.41. The van der Waals surface area contributed by atoms with Gasteiger partial charge in [0.2, 0.25) is 0 Å². The van der Waals surface area contributed by atoms with Crippen LogP contribution in [-0.2, 0) is 16.1 Å². The second kappa shape index (κ2) is 8.02. The Morgan fingerprint density at radius 2 is 1.78 bits per heavy atom. The first-order chi connectivity index (χ1) is 8.72. The van der Waals surface area contributed by atoms with Gasteiger partial charge in [0, 0.05) is 38.6 Å². The van der Waals surface area contributed by atoms with Crippen molar-refractivity contribution >= 4 is 5.69 Å². The molecule has 0 radical (unpaired) electrons. The smallest absolute Gasteiger partial charge is 0.123 e. The van der Waals surface area contributed by atoms with Gasteiger partial charge in [-0.2, -0.15) is 0 Å². The minimum Gasteiger partial charge on any atom is -0.392 e. The molecule has 0 unspecified atom stereocenters. The van der Waals surface area contributed by atoms with Crippen molar-refractivity contribution in [3.05, 3.63) is 29.6 Å². The van der Waals surface area contributed by atoms with E-state index in [1.54, 1.807) is 20.3 Å². The van der Waals surface area contributed by atoms with E-state index < -0.39 is 0 Å². The number of hydrogen-bond acceptors (Lipinski definition) is 4. The van der Waals surface area contributed by atoms with Gasteiger partial charge >= 0.3 is 0 Å². The molecule has 0 bridgehead atoms. The van der Waals surface area contributed by atoms with Gasteiger partial charge in [-0.25, -0.2) is 4.39 Å². The summed E-state index contributed by atoms with van der Waals surface area (Å²) in [4.78, 5) is 2.01. The molecule has 0 atom stereocenters. The van der Waals surface area contributed by atoms with Crippen LogP contribution < -0.4 is 4.90 Å². The van der Waals surface area contributed by atoms with Crippen molar-refractivity contribution in [3.63, 3.8) is 0 Å². The third kappa shape index (κ3) is 4.25. The Hall–Kier alpha value is -1.17. The van der Waals surface area contributed by atoms with Crippen molar-refractivity contribution in [2.24, 2.45) is 0 Å². The lowest BCUT2D eigenvalue weighted by Crippen LogP contribution is -2.31. The molecule has 0 fully saturated rings. The van der Waals surface area contributed by atoms with Crippen LogP contribution in [0.2, 0.25) is 0 Å². The highest BCUT2D eigenvalue weighted by Crippen LogP contribution is 2.21. The third-order valence-corrected chi connectivity index (χ3v) is 2.68. The van der Waals surface area contributed by atoms with Crippen molar-refractivity contribution in [2.75, 3.05) is 45.4 Å². The van der Waals surface area contributed by atoms with Crippen molar-refractivity contribution < 1.29 is 19.0 Å². The predicted octanol–water partition coefficient (Wildman–Crippen LogP) is 1.42. The number of nitrogens with zero attached hydrogens (tertiary/aromatic N) is 1. The van der Waals surface area contributed by atoms with Crippen LogP contribution in [0.5, 0.6) is 0 Å². The molecule has 18 heavy (non-hydrogen) atoms. The molecule has 1 rings (SSSR count). The monoisotopic (exact) mass is 257 g/mol. The largest absolute Gasteiger partial charge is 0.392 e. The highest BCUT2D eigenvalue weighted by atomic mass is 19.1. The van der Waals surface area contributed by atoms with E-state index in [-0.39, 0.29) is 12.4 Å². The molecule has 0 spiro atoms. The summed E-state index contributed by atoms with van der Waals surface area (Å²) in [6.45, 7) is 2.26. The van der Waals surface area contributed by atoms with E-state index in [9.17, 15) is 9.50 Å². The van der Waals surface area contributed by atoms with E-state index in [1.807, 2.05) is 4.90 Å². The maximum absolute atomic E-state index is 13.1. The van der Waals surface area contributed by atoms with Crippen molar-refractivity contribution in [2.45, 2.75) is 6.61 Å². The molecule has 0 saturated carbocycles. The average molecular weight is 257 g/mol. The zero-order valence-electron chi connectivity index (χ0n) is 10.9. The zero-order chi connectivity index (χ0) is 13.4. The number of ether oxygens (including phenoxy) is 2. The van der Waals surface area contributed by atoms with Crippen LogP contribution >= 0.6 is 0 Å². The summed E-state index contributed by atoms with van der Waals surface area (Å²) in [5.74, 6) is -0.346. The second-order valence-electron chi connectivity index (χ2n) is 3.90. The SMILES string of the molecule is COCCN(CCOC)c1ccc(F)cc1CO. The van der Waals surface area contributed by atoms with Crippen molar-refractivity contribution in [1.82, 2.24) is 0 Å². The van der Waals surface area contributed by atoms with E-state index in [2.05, 4.69) is 0 Å². The summed E-state index contributed by atoms with van der Waals surface area (Å²) < 4.78 is 23.2. The number of benzene rings is 1. The van der Waals surface area contributed by atoms with Gasteiger partial charge in [-0.15, -0.1) is 0 Å². The number of halogens is 1. The van der Waals surface area contributed by atoms with Gasteiger partial charge in [-0.1, -0.05) is 0 Å². The molecule has 4 nitrogen and oxygen atoms in total. The number of hydrogen-bond donors (Lipinski definition) is 1. The van der Waals surface area contributed by atoms with E-state index >= 15 is 0 Å². The molecule has 0 aliphatic heterocycles. The summed E-state index contributed by atoms with van der Waals surface area (Å²) in [7, 11) is 3.26. The van der Waals surface area contributed by atoms with Crippen LogP contribution in [0.25, 0.3) is 0 Å². The van der Waals surface area contributed by atoms with E-state index in [0.717, 1.165) is 5.69 Å². The van der Waals surface area contributed by atoms with Crippen LogP contribution in [-0.4, -0.2) is 45.6 Å². The van der Waals surface area contributed by atoms with Crippen LogP contribution in [0.15, 0.2) is 18.2 Å². The number of aliphatic hydroxyl groups excluding tert-OH is 1. The molecule has 1 aromatic carbocycles. The molecule has 0 saturated heterocycles. The number of methoxy groups -OCH3 is 2. The minimum absolute atomic E-state index is 0.191. The molecular weight excluding hydrogens is 237 g/mol. The number of anilines is 1. The maximum Gasteiger partial charge on any atom is 0.123 e. The van der Waals surface area contributed by atoms with Gasteiger partial charge in [0.1, 0.15) is 5.82 Å². The van der Waals surface area contributed by atoms with Crippen molar-refractivity contribution in [1.29, 1.82) is 0 Å². The molecule has 0 amide bonds. The third-order valence-electron chi connectivity index (χ3n) is 2.68. The molecule has 0 aliphatic rings. The lowest BCUT2D eigenvalue weighted by Gasteiger charge is -2.26. The summed E-state index contributed by atoms with van der Waals surface area (Å²) in [6.07, 6.45) is 0. The fourth-order valence-electron chi connectivity index (χ4n) is 1.74. The van der Waals surface area contributed by atoms with Crippen LogP contribution in [0.3, 0.4) is 0 Å². The molecule has 1 aromatic rings. The molecule has 0 aliphatic carbocycles. The number of rotatable bonds is 8. The Balaban J connectivity index is 2.88. The molecule has 1 N–H and O–H groups in total. The molecule has 5 heteroatoms. The molecular formula is C13H20FNO3. The Kier molecular flexibility index (Phi) is 6.64. The summed E-state index contributed by atoms with van der Waals surface area (Å²) in [5.41, 5.74) is 1.38. The van der Waals surface area contributed by atoms with Gasteiger partial charge in [-0.05, 0) is 18.2 Å². The van der Waals surface area contributed by atoms with Gasteiger partial charge in [0.15, 0.2) is 0 Å². The molecule has 0 aromatic heterocycles. The first kappa shape index (κ1) is 14.9. The van der Waals surface area contributed by atoms with Gasteiger partial charge < -0.3 is 19.5 Å². The minimum atomic E-state index is -0.346. The lowest BCUT2D eigenvalue weighted by molar-refractivity contribution is 0.190. The summed E-state index contributed by atoms with van der Waals surface area (Å²) >= 11 is 0. The molecule has 0 heterocycles. The first-order valence-corrected chi connectivity index (χ1v) is 5.85. The quantitative estimate of drug-likeness (QED) is 0.764. The van der Waals surface area contributed by atoms with Crippen LogP contribution in [0, 0.1) is 5.82 Å². The van der Waals surface area contributed by atoms with Crippen molar-refractivity contribution in [3.8, 4) is 0 Å². The Bertz CT molecular complexity index is 352.